The minimum Gasteiger partial charge on any atom is -0.322 e. The van der Waals surface area contributed by atoms with Crippen LogP contribution in [0.4, 0.5) is 21.5 Å². The van der Waals surface area contributed by atoms with Gasteiger partial charge in [0, 0.05) is 5.71 Å². The Bertz CT molecular complexity index is 909. The number of carbonyl (C=O) groups excluding carboxylic acids is 2. The minimum absolute atomic E-state index is 0.103. The SMILES string of the molecule is O=C(CN1C(=O)[C@H]2CCCC2=Nc2ccccc21)Nc1ccccc1F. The van der Waals surface area contributed by atoms with Crippen molar-refractivity contribution < 1.29 is 14.0 Å². The molecular weight excluding hydrogens is 333 g/mol. The molecule has 1 heterocycles. The molecule has 0 bridgehead atoms. The first-order chi connectivity index (χ1) is 12.6. The number of para-hydroxylation sites is 3. The summed E-state index contributed by atoms with van der Waals surface area (Å²) in [6, 6.07) is 13.3. The molecular formula is C20H18FN3O2. The monoisotopic (exact) mass is 351 g/mol. The molecule has 1 aliphatic heterocycles. The maximum atomic E-state index is 13.8. The lowest BCUT2D eigenvalue weighted by atomic mass is 10.1. The van der Waals surface area contributed by atoms with Crippen molar-refractivity contribution in [1.29, 1.82) is 0 Å². The van der Waals surface area contributed by atoms with Crippen molar-refractivity contribution in [2.45, 2.75) is 19.3 Å². The molecule has 1 fully saturated rings. The molecule has 26 heavy (non-hydrogen) atoms. The first-order valence-corrected chi connectivity index (χ1v) is 8.66. The van der Waals surface area contributed by atoms with Crippen LogP contribution in [-0.4, -0.2) is 24.1 Å². The molecule has 1 aliphatic carbocycles. The van der Waals surface area contributed by atoms with E-state index < -0.39 is 11.7 Å². The molecule has 0 aromatic heterocycles. The molecule has 0 spiro atoms. The molecule has 2 aromatic rings. The highest BCUT2D eigenvalue weighted by molar-refractivity contribution is 6.16. The normalized spacial score (nSPS) is 18.7. The van der Waals surface area contributed by atoms with Crippen molar-refractivity contribution in [2.24, 2.45) is 10.9 Å². The van der Waals surface area contributed by atoms with Crippen LogP contribution in [0.2, 0.25) is 0 Å². The van der Waals surface area contributed by atoms with Crippen molar-refractivity contribution in [1.82, 2.24) is 0 Å². The minimum atomic E-state index is -0.509. The fraction of sp³-hybridized carbons (Fsp3) is 0.250. The molecule has 1 atom stereocenters. The zero-order valence-corrected chi connectivity index (χ0v) is 14.1. The summed E-state index contributed by atoms with van der Waals surface area (Å²) in [4.78, 5) is 31.7. The van der Waals surface area contributed by atoms with Gasteiger partial charge < -0.3 is 10.2 Å². The molecule has 1 N–H and O–H groups in total. The highest BCUT2D eigenvalue weighted by atomic mass is 19.1. The Morgan fingerprint density at radius 3 is 2.81 bits per heavy atom. The summed E-state index contributed by atoms with van der Waals surface area (Å²) in [5, 5.41) is 2.54. The first-order valence-electron chi connectivity index (χ1n) is 8.66. The molecule has 2 aliphatic rings. The number of aliphatic imine (C=N–C) groups is 1. The Labute approximate surface area is 150 Å². The summed E-state index contributed by atoms with van der Waals surface area (Å²) in [5.41, 5.74) is 2.30. The molecule has 0 unspecified atom stereocenters. The molecule has 0 radical (unpaired) electrons. The van der Waals surface area contributed by atoms with Crippen LogP contribution < -0.4 is 10.2 Å². The van der Waals surface area contributed by atoms with E-state index in [1.54, 1.807) is 18.2 Å². The molecule has 2 amide bonds. The molecule has 1 saturated carbocycles. The number of carbonyl (C=O) groups is 2. The zero-order valence-electron chi connectivity index (χ0n) is 14.1. The van der Waals surface area contributed by atoms with Crippen molar-refractivity contribution in [3.63, 3.8) is 0 Å². The third-order valence-corrected chi connectivity index (χ3v) is 4.78. The van der Waals surface area contributed by atoms with E-state index in [9.17, 15) is 14.0 Å². The Balaban J connectivity index is 1.62. The number of nitrogens with one attached hydrogen (secondary N) is 1. The number of benzene rings is 2. The van der Waals surface area contributed by atoms with Crippen molar-refractivity contribution in [3.05, 3.63) is 54.3 Å². The average molecular weight is 351 g/mol. The second kappa shape index (κ2) is 6.71. The van der Waals surface area contributed by atoms with Gasteiger partial charge in [-0.15, -0.1) is 0 Å². The van der Waals surface area contributed by atoms with E-state index in [0.29, 0.717) is 11.4 Å². The van der Waals surface area contributed by atoms with Crippen LogP contribution in [-0.2, 0) is 9.59 Å². The Kier molecular flexibility index (Phi) is 4.24. The molecule has 6 heteroatoms. The van der Waals surface area contributed by atoms with Gasteiger partial charge in [0.15, 0.2) is 0 Å². The number of hydrogen-bond donors (Lipinski definition) is 1. The quantitative estimate of drug-likeness (QED) is 0.917. The third kappa shape index (κ3) is 2.98. The topological polar surface area (TPSA) is 61.8 Å². The maximum Gasteiger partial charge on any atom is 0.244 e. The molecule has 0 saturated heterocycles. The summed E-state index contributed by atoms with van der Waals surface area (Å²) in [5.74, 6) is -1.34. The van der Waals surface area contributed by atoms with Crippen LogP contribution in [0.5, 0.6) is 0 Å². The van der Waals surface area contributed by atoms with Gasteiger partial charge in [0.25, 0.3) is 0 Å². The summed E-state index contributed by atoms with van der Waals surface area (Å²) in [6.45, 7) is -0.177. The predicted octanol–water partition coefficient (Wildman–Crippen LogP) is 3.68. The number of halogens is 1. The number of rotatable bonds is 3. The van der Waals surface area contributed by atoms with Gasteiger partial charge >= 0.3 is 0 Å². The predicted molar refractivity (Wildman–Crippen MR) is 98.3 cm³/mol. The van der Waals surface area contributed by atoms with Gasteiger partial charge in [-0.2, -0.15) is 0 Å². The summed E-state index contributed by atoms with van der Waals surface area (Å²) < 4.78 is 13.8. The zero-order chi connectivity index (χ0) is 18.1. The van der Waals surface area contributed by atoms with Crippen molar-refractivity contribution in [3.8, 4) is 0 Å². The van der Waals surface area contributed by atoms with Gasteiger partial charge in [-0.3, -0.25) is 14.6 Å². The van der Waals surface area contributed by atoms with E-state index in [1.165, 1.54) is 17.0 Å². The van der Waals surface area contributed by atoms with Crippen LogP contribution >= 0.6 is 0 Å². The Morgan fingerprint density at radius 2 is 1.96 bits per heavy atom. The maximum absolute atomic E-state index is 13.8. The molecule has 132 valence electrons. The van der Waals surface area contributed by atoms with Crippen LogP contribution in [0.25, 0.3) is 0 Å². The lowest BCUT2D eigenvalue weighted by molar-refractivity contribution is -0.123. The van der Waals surface area contributed by atoms with Gasteiger partial charge in [0.05, 0.1) is 23.0 Å². The second-order valence-corrected chi connectivity index (χ2v) is 6.49. The molecule has 2 aromatic carbocycles. The molecule has 4 rings (SSSR count). The van der Waals surface area contributed by atoms with E-state index in [-0.39, 0.29) is 24.1 Å². The van der Waals surface area contributed by atoms with E-state index >= 15 is 0 Å². The van der Waals surface area contributed by atoms with Crippen LogP contribution in [0.15, 0.2) is 53.5 Å². The van der Waals surface area contributed by atoms with Gasteiger partial charge in [0.2, 0.25) is 11.8 Å². The van der Waals surface area contributed by atoms with E-state index in [1.807, 2.05) is 18.2 Å². The largest absolute Gasteiger partial charge is 0.322 e. The van der Waals surface area contributed by atoms with Crippen LogP contribution in [0, 0.1) is 11.7 Å². The number of anilines is 2. The average Bonchev–Trinajstić information content (AvgIpc) is 3.06. The van der Waals surface area contributed by atoms with Gasteiger partial charge in [-0.1, -0.05) is 24.3 Å². The number of nitrogens with zero attached hydrogens (tertiary/aromatic N) is 2. The van der Waals surface area contributed by atoms with Crippen LogP contribution in [0.1, 0.15) is 19.3 Å². The summed E-state index contributed by atoms with van der Waals surface area (Å²) in [6.07, 6.45) is 2.48. The lowest BCUT2D eigenvalue weighted by Crippen LogP contribution is -2.41. The van der Waals surface area contributed by atoms with E-state index in [0.717, 1.165) is 25.0 Å². The fourth-order valence-corrected chi connectivity index (χ4v) is 3.54. The Morgan fingerprint density at radius 1 is 1.19 bits per heavy atom. The number of fused-ring (bicyclic) bond motifs is 2. The highest BCUT2D eigenvalue weighted by Crippen LogP contribution is 2.37. The van der Waals surface area contributed by atoms with Crippen molar-refractivity contribution in [2.75, 3.05) is 16.8 Å². The summed E-state index contributed by atoms with van der Waals surface area (Å²) in [7, 11) is 0. The fourth-order valence-electron chi connectivity index (χ4n) is 3.54. The van der Waals surface area contributed by atoms with Gasteiger partial charge in [0.1, 0.15) is 12.4 Å². The third-order valence-electron chi connectivity index (χ3n) is 4.78. The highest BCUT2D eigenvalue weighted by Gasteiger charge is 2.37. The Hall–Kier alpha value is -3.02. The van der Waals surface area contributed by atoms with Gasteiger partial charge in [-0.05, 0) is 43.5 Å². The second-order valence-electron chi connectivity index (χ2n) is 6.49. The number of hydrogen-bond acceptors (Lipinski definition) is 3. The lowest BCUT2D eigenvalue weighted by Gasteiger charge is -2.24. The van der Waals surface area contributed by atoms with Gasteiger partial charge in [-0.25, -0.2) is 4.39 Å². The first kappa shape index (κ1) is 16.4. The molecule has 5 nitrogen and oxygen atoms in total. The smallest absolute Gasteiger partial charge is 0.244 e. The van der Waals surface area contributed by atoms with Crippen molar-refractivity contribution >= 4 is 34.6 Å². The van der Waals surface area contributed by atoms with E-state index in [4.69, 9.17) is 0 Å². The van der Waals surface area contributed by atoms with E-state index in [2.05, 4.69) is 10.3 Å². The summed E-state index contributed by atoms with van der Waals surface area (Å²) >= 11 is 0. The van der Waals surface area contributed by atoms with Crippen LogP contribution in [0.3, 0.4) is 0 Å². The number of amides is 2. The standard InChI is InChI=1S/C20H18FN3O2/c21-14-7-1-2-8-16(14)23-19(25)12-24-18-11-4-3-9-17(18)22-15-10-5-6-13(15)20(24)26/h1-4,7-9,11,13H,5-6,10,12H2,(H,23,25)/t13-/m0/s1.